The Labute approximate surface area is 145 Å². The largest absolute Gasteiger partial charge is 0.416 e. The molecule has 0 aliphatic carbocycles. The van der Waals surface area contributed by atoms with Crippen molar-refractivity contribution in [3.05, 3.63) is 76.6 Å². The summed E-state index contributed by atoms with van der Waals surface area (Å²) in [6, 6.07) is 18.1. The molecule has 2 aromatic carbocycles. The van der Waals surface area contributed by atoms with E-state index >= 15 is 0 Å². The molecular weight excluding hydrogens is 328 g/mol. The third-order valence-corrected chi connectivity index (χ3v) is 4.84. The molecule has 3 rings (SSSR count). The number of nitrogens with zero attached hydrogens (tertiary/aromatic N) is 2. The fraction of sp³-hybridized carbons (Fsp3) is 0.222. The number of halogens is 1. The van der Waals surface area contributed by atoms with Crippen LogP contribution in [0.2, 0.25) is 5.02 Å². The minimum atomic E-state index is 0.345. The van der Waals surface area contributed by atoms with Crippen molar-refractivity contribution >= 4 is 23.4 Å². The second-order valence-electron chi connectivity index (χ2n) is 5.36. The normalized spacial score (nSPS) is 12.3. The van der Waals surface area contributed by atoms with E-state index < -0.39 is 0 Å². The molecule has 3 aromatic rings. The number of hydrogen-bond donors (Lipinski definition) is 0. The minimum absolute atomic E-state index is 0.345. The average molecular weight is 345 g/mol. The Morgan fingerprint density at radius 1 is 1.04 bits per heavy atom. The van der Waals surface area contributed by atoms with Gasteiger partial charge < -0.3 is 4.42 Å². The van der Waals surface area contributed by atoms with E-state index in [1.54, 1.807) is 0 Å². The van der Waals surface area contributed by atoms with Gasteiger partial charge in [0.2, 0.25) is 5.89 Å². The van der Waals surface area contributed by atoms with Gasteiger partial charge in [-0.15, -0.1) is 10.2 Å². The molecule has 0 amide bonds. The zero-order chi connectivity index (χ0) is 16.1. The zero-order valence-corrected chi connectivity index (χ0v) is 14.3. The van der Waals surface area contributed by atoms with Crippen molar-refractivity contribution in [3.63, 3.8) is 0 Å². The number of aromatic nitrogens is 2. The van der Waals surface area contributed by atoms with Crippen LogP contribution in [0.5, 0.6) is 0 Å². The van der Waals surface area contributed by atoms with Crippen molar-refractivity contribution in [3.8, 4) is 0 Å². The summed E-state index contributed by atoms with van der Waals surface area (Å²) < 4.78 is 5.74. The summed E-state index contributed by atoms with van der Waals surface area (Å²) in [6.45, 7) is 2.16. The SMILES string of the molecule is CC(Cc1nnc(SCc2ccccc2Cl)o1)c1ccccc1. The molecule has 1 unspecified atom stereocenters. The number of benzene rings is 2. The van der Waals surface area contributed by atoms with Crippen molar-refractivity contribution in [2.24, 2.45) is 0 Å². The molecule has 5 heteroatoms. The summed E-state index contributed by atoms with van der Waals surface area (Å²) in [4.78, 5) is 0. The Kier molecular flexibility index (Phi) is 5.36. The van der Waals surface area contributed by atoms with Crippen LogP contribution in [0.3, 0.4) is 0 Å². The Hall–Kier alpha value is -1.78. The molecule has 118 valence electrons. The smallest absolute Gasteiger partial charge is 0.276 e. The monoisotopic (exact) mass is 344 g/mol. The average Bonchev–Trinajstić information content (AvgIpc) is 3.02. The van der Waals surface area contributed by atoms with Gasteiger partial charge in [0.15, 0.2) is 0 Å². The van der Waals surface area contributed by atoms with Crippen LogP contribution in [-0.2, 0) is 12.2 Å². The predicted molar refractivity (Wildman–Crippen MR) is 93.9 cm³/mol. The first-order chi connectivity index (χ1) is 11.2. The van der Waals surface area contributed by atoms with Crippen LogP contribution in [-0.4, -0.2) is 10.2 Å². The van der Waals surface area contributed by atoms with Crippen molar-refractivity contribution in [1.29, 1.82) is 0 Å². The minimum Gasteiger partial charge on any atom is -0.416 e. The van der Waals surface area contributed by atoms with Gasteiger partial charge in [-0.25, -0.2) is 0 Å². The van der Waals surface area contributed by atoms with E-state index in [0.717, 1.165) is 22.8 Å². The molecular formula is C18H17ClN2OS. The highest BCUT2D eigenvalue weighted by atomic mass is 35.5. The molecule has 1 heterocycles. The molecule has 0 saturated heterocycles. The van der Waals surface area contributed by atoms with Crippen LogP contribution in [0.4, 0.5) is 0 Å². The molecule has 0 radical (unpaired) electrons. The van der Waals surface area contributed by atoms with Crippen molar-refractivity contribution in [1.82, 2.24) is 10.2 Å². The molecule has 0 saturated carbocycles. The first-order valence-electron chi connectivity index (χ1n) is 7.46. The lowest BCUT2D eigenvalue weighted by molar-refractivity contribution is 0.404. The summed E-state index contributed by atoms with van der Waals surface area (Å²) in [6.07, 6.45) is 0.740. The third-order valence-electron chi connectivity index (χ3n) is 3.61. The first kappa shape index (κ1) is 16.1. The van der Waals surface area contributed by atoms with E-state index in [0.29, 0.717) is 17.0 Å². The van der Waals surface area contributed by atoms with Gasteiger partial charge in [-0.2, -0.15) is 0 Å². The molecule has 0 aliphatic rings. The van der Waals surface area contributed by atoms with Gasteiger partial charge in [0.05, 0.1) is 0 Å². The van der Waals surface area contributed by atoms with E-state index in [4.69, 9.17) is 16.0 Å². The number of thioether (sulfide) groups is 1. The molecule has 0 aliphatic heterocycles. The summed E-state index contributed by atoms with van der Waals surface area (Å²) in [5.74, 6) is 1.73. The van der Waals surface area contributed by atoms with Crippen LogP contribution in [0.1, 0.15) is 29.9 Å². The quantitative estimate of drug-likeness (QED) is 0.564. The molecule has 0 spiro atoms. The number of rotatable bonds is 6. The summed E-state index contributed by atoms with van der Waals surface area (Å²) in [5.41, 5.74) is 2.34. The van der Waals surface area contributed by atoms with E-state index in [-0.39, 0.29) is 0 Å². The predicted octanol–water partition coefficient (Wildman–Crippen LogP) is 5.36. The van der Waals surface area contributed by atoms with E-state index in [2.05, 4.69) is 29.3 Å². The Morgan fingerprint density at radius 3 is 2.57 bits per heavy atom. The Balaban J connectivity index is 1.59. The van der Waals surface area contributed by atoms with Gasteiger partial charge in [-0.1, -0.05) is 78.8 Å². The van der Waals surface area contributed by atoms with Crippen LogP contribution in [0.25, 0.3) is 0 Å². The lowest BCUT2D eigenvalue weighted by Crippen LogP contribution is -1.98. The lowest BCUT2D eigenvalue weighted by atomic mass is 9.98. The zero-order valence-electron chi connectivity index (χ0n) is 12.8. The van der Waals surface area contributed by atoms with Crippen LogP contribution in [0, 0.1) is 0 Å². The molecule has 3 nitrogen and oxygen atoms in total. The van der Waals surface area contributed by atoms with E-state index in [9.17, 15) is 0 Å². The number of hydrogen-bond acceptors (Lipinski definition) is 4. The van der Waals surface area contributed by atoms with Crippen LogP contribution < -0.4 is 0 Å². The molecule has 0 fully saturated rings. The summed E-state index contributed by atoms with van der Waals surface area (Å²) in [7, 11) is 0. The van der Waals surface area contributed by atoms with Gasteiger partial charge in [0.1, 0.15) is 0 Å². The van der Waals surface area contributed by atoms with Crippen LogP contribution in [0.15, 0.2) is 64.2 Å². The topological polar surface area (TPSA) is 38.9 Å². The molecule has 0 N–H and O–H groups in total. The van der Waals surface area contributed by atoms with Gasteiger partial charge in [0, 0.05) is 17.2 Å². The summed E-state index contributed by atoms with van der Waals surface area (Å²) >= 11 is 7.66. The fourth-order valence-corrected chi connectivity index (χ4v) is 3.36. The maximum Gasteiger partial charge on any atom is 0.276 e. The fourth-order valence-electron chi connectivity index (χ4n) is 2.30. The highest BCUT2D eigenvalue weighted by Crippen LogP contribution is 2.27. The van der Waals surface area contributed by atoms with E-state index in [1.807, 2.05) is 42.5 Å². The molecule has 1 atom stereocenters. The Morgan fingerprint density at radius 2 is 1.78 bits per heavy atom. The molecule has 0 bridgehead atoms. The maximum atomic E-state index is 6.15. The van der Waals surface area contributed by atoms with Gasteiger partial charge >= 0.3 is 0 Å². The van der Waals surface area contributed by atoms with Gasteiger partial charge in [-0.3, -0.25) is 0 Å². The first-order valence-corrected chi connectivity index (χ1v) is 8.82. The van der Waals surface area contributed by atoms with Crippen molar-refractivity contribution < 1.29 is 4.42 Å². The maximum absolute atomic E-state index is 6.15. The highest BCUT2D eigenvalue weighted by molar-refractivity contribution is 7.98. The highest BCUT2D eigenvalue weighted by Gasteiger charge is 2.13. The van der Waals surface area contributed by atoms with Gasteiger partial charge in [-0.05, 0) is 23.1 Å². The Bertz CT molecular complexity index is 760. The summed E-state index contributed by atoms with van der Waals surface area (Å²) in [5, 5.41) is 9.60. The third kappa shape index (κ3) is 4.36. The second-order valence-corrected chi connectivity index (χ2v) is 6.69. The lowest BCUT2D eigenvalue weighted by Gasteiger charge is -2.08. The van der Waals surface area contributed by atoms with Crippen molar-refractivity contribution in [2.75, 3.05) is 0 Å². The van der Waals surface area contributed by atoms with Gasteiger partial charge in [0.25, 0.3) is 5.22 Å². The second kappa shape index (κ2) is 7.66. The van der Waals surface area contributed by atoms with Crippen molar-refractivity contribution in [2.45, 2.75) is 30.2 Å². The van der Waals surface area contributed by atoms with Crippen LogP contribution >= 0.6 is 23.4 Å². The molecule has 1 aromatic heterocycles. The molecule has 23 heavy (non-hydrogen) atoms. The van der Waals surface area contributed by atoms with E-state index in [1.165, 1.54) is 17.3 Å². The standard InChI is InChI=1S/C18H17ClN2OS/c1-13(14-7-3-2-4-8-14)11-17-20-21-18(22-17)23-12-15-9-5-6-10-16(15)19/h2-10,13H,11-12H2,1H3.